The molecule has 20 heavy (non-hydrogen) atoms. The van der Waals surface area contributed by atoms with E-state index in [9.17, 15) is 9.18 Å². The van der Waals surface area contributed by atoms with E-state index in [1.54, 1.807) is 12.1 Å². The highest BCUT2D eigenvalue weighted by Crippen LogP contribution is 2.21. The van der Waals surface area contributed by atoms with E-state index in [2.05, 4.69) is 9.97 Å². The van der Waals surface area contributed by atoms with E-state index in [1.807, 2.05) is 0 Å². The molecule has 0 spiro atoms. The Morgan fingerprint density at radius 2 is 2.30 bits per heavy atom. The maximum atomic E-state index is 13.8. The number of rotatable bonds is 2. The summed E-state index contributed by atoms with van der Waals surface area (Å²) in [7, 11) is 0. The first-order valence-electron chi connectivity index (χ1n) is 6.26. The summed E-state index contributed by atoms with van der Waals surface area (Å²) in [4.78, 5) is 19.0. The van der Waals surface area contributed by atoms with Crippen molar-refractivity contribution < 1.29 is 9.13 Å². The largest absolute Gasteiger partial charge is 0.376 e. The zero-order valence-electron chi connectivity index (χ0n) is 10.6. The van der Waals surface area contributed by atoms with Gasteiger partial charge >= 0.3 is 0 Å². The van der Waals surface area contributed by atoms with E-state index in [0.29, 0.717) is 35.0 Å². The standard InChI is InChI=1S/C14H12ClFN2O2/c15-10-2-1-3-11(16)8(10)6-13-17-12-4-5-20-7-9(12)14(19)18-13/h1-3H,4-7H2,(H,17,18,19). The van der Waals surface area contributed by atoms with Crippen LogP contribution in [0.15, 0.2) is 23.0 Å². The molecule has 0 bridgehead atoms. The van der Waals surface area contributed by atoms with Crippen molar-refractivity contribution in [2.45, 2.75) is 19.4 Å². The molecule has 0 unspecified atom stereocenters. The number of halogens is 2. The molecule has 2 heterocycles. The normalized spacial score (nSPS) is 14.1. The lowest BCUT2D eigenvalue weighted by Crippen LogP contribution is -2.25. The zero-order valence-corrected chi connectivity index (χ0v) is 11.3. The number of benzene rings is 1. The van der Waals surface area contributed by atoms with Gasteiger partial charge in [-0.2, -0.15) is 0 Å². The number of aromatic amines is 1. The van der Waals surface area contributed by atoms with E-state index < -0.39 is 5.82 Å². The first kappa shape index (κ1) is 13.3. The lowest BCUT2D eigenvalue weighted by atomic mass is 10.1. The first-order chi connectivity index (χ1) is 9.65. The monoisotopic (exact) mass is 294 g/mol. The lowest BCUT2D eigenvalue weighted by Gasteiger charge is -2.15. The highest BCUT2D eigenvalue weighted by Gasteiger charge is 2.17. The summed E-state index contributed by atoms with van der Waals surface area (Å²) in [6, 6.07) is 4.50. The van der Waals surface area contributed by atoms with Gasteiger partial charge in [-0.1, -0.05) is 17.7 Å². The molecule has 0 amide bonds. The predicted octanol–water partition coefficient (Wildman–Crippen LogP) is 2.23. The molecule has 4 nitrogen and oxygen atoms in total. The summed E-state index contributed by atoms with van der Waals surface area (Å²) in [6.45, 7) is 0.821. The molecule has 0 fully saturated rings. The van der Waals surface area contributed by atoms with Crippen molar-refractivity contribution in [3.63, 3.8) is 0 Å². The second-order valence-corrected chi connectivity index (χ2v) is 5.02. The quantitative estimate of drug-likeness (QED) is 0.924. The van der Waals surface area contributed by atoms with Crippen LogP contribution in [0, 0.1) is 5.82 Å². The fraction of sp³-hybridized carbons (Fsp3) is 0.286. The third-order valence-electron chi connectivity index (χ3n) is 3.29. The third-order valence-corrected chi connectivity index (χ3v) is 3.64. The number of ether oxygens (including phenoxy) is 1. The van der Waals surface area contributed by atoms with Crippen molar-refractivity contribution >= 4 is 11.6 Å². The Morgan fingerprint density at radius 1 is 1.45 bits per heavy atom. The number of hydrogen-bond donors (Lipinski definition) is 1. The lowest BCUT2D eigenvalue weighted by molar-refractivity contribution is 0.108. The van der Waals surface area contributed by atoms with Gasteiger partial charge in [-0.15, -0.1) is 0 Å². The Hall–Kier alpha value is -1.72. The van der Waals surface area contributed by atoms with Crippen molar-refractivity contribution in [1.82, 2.24) is 9.97 Å². The Balaban J connectivity index is 2.00. The molecular weight excluding hydrogens is 283 g/mol. The van der Waals surface area contributed by atoms with Crippen LogP contribution in [0.5, 0.6) is 0 Å². The van der Waals surface area contributed by atoms with E-state index in [1.165, 1.54) is 6.07 Å². The Bertz CT molecular complexity index is 695. The fourth-order valence-electron chi connectivity index (χ4n) is 2.25. The van der Waals surface area contributed by atoms with Gasteiger partial charge in [-0.05, 0) is 12.1 Å². The second-order valence-electron chi connectivity index (χ2n) is 4.62. The second kappa shape index (κ2) is 5.34. The molecule has 2 aromatic rings. The molecule has 1 aliphatic heterocycles. The molecule has 0 radical (unpaired) electrons. The highest BCUT2D eigenvalue weighted by molar-refractivity contribution is 6.31. The summed E-state index contributed by atoms with van der Waals surface area (Å²) in [5.74, 6) is 0.0175. The van der Waals surface area contributed by atoms with Gasteiger partial charge < -0.3 is 9.72 Å². The number of fused-ring (bicyclic) bond motifs is 1. The van der Waals surface area contributed by atoms with Gasteiger partial charge in [0.1, 0.15) is 11.6 Å². The molecule has 0 atom stereocenters. The van der Waals surface area contributed by atoms with E-state index in [4.69, 9.17) is 16.3 Å². The van der Waals surface area contributed by atoms with Crippen molar-refractivity contribution in [2.24, 2.45) is 0 Å². The molecular formula is C14H12ClFN2O2. The summed E-state index contributed by atoms with van der Waals surface area (Å²) in [5, 5.41) is 0.328. The first-order valence-corrected chi connectivity index (χ1v) is 6.64. The predicted molar refractivity (Wildman–Crippen MR) is 72.4 cm³/mol. The van der Waals surface area contributed by atoms with Crippen LogP contribution in [-0.4, -0.2) is 16.6 Å². The SMILES string of the molecule is O=c1[nH]c(Cc2c(F)cccc2Cl)nc2c1COCC2. The van der Waals surface area contributed by atoms with Crippen LogP contribution in [0.3, 0.4) is 0 Å². The van der Waals surface area contributed by atoms with Gasteiger partial charge in [0.05, 0.1) is 24.5 Å². The molecule has 0 saturated heterocycles. The van der Waals surface area contributed by atoms with Crippen LogP contribution in [0.25, 0.3) is 0 Å². The van der Waals surface area contributed by atoms with E-state index in [0.717, 1.165) is 5.69 Å². The number of nitrogens with zero attached hydrogens (tertiary/aromatic N) is 1. The minimum atomic E-state index is -0.402. The van der Waals surface area contributed by atoms with Crippen molar-refractivity contribution in [3.8, 4) is 0 Å². The van der Waals surface area contributed by atoms with Gasteiger partial charge in [0.15, 0.2) is 0 Å². The van der Waals surface area contributed by atoms with Gasteiger partial charge in [0.2, 0.25) is 0 Å². The van der Waals surface area contributed by atoms with Crippen LogP contribution in [0.1, 0.15) is 22.6 Å². The minimum absolute atomic E-state index is 0.162. The molecule has 104 valence electrons. The van der Waals surface area contributed by atoms with E-state index >= 15 is 0 Å². The Morgan fingerprint density at radius 3 is 3.10 bits per heavy atom. The molecule has 0 aliphatic carbocycles. The number of aromatic nitrogens is 2. The third kappa shape index (κ3) is 2.46. The smallest absolute Gasteiger partial charge is 0.256 e. The highest BCUT2D eigenvalue weighted by atomic mass is 35.5. The van der Waals surface area contributed by atoms with E-state index in [-0.39, 0.29) is 18.6 Å². The maximum absolute atomic E-state index is 13.8. The average molecular weight is 295 g/mol. The summed E-state index contributed by atoms with van der Waals surface area (Å²) in [5.41, 5.74) is 1.39. The summed E-state index contributed by atoms with van der Waals surface area (Å²) >= 11 is 5.98. The van der Waals surface area contributed by atoms with Crippen molar-refractivity contribution in [2.75, 3.05) is 6.61 Å². The molecule has 1 N–H and O–H groups in total. The topological polar surface area (TPSA) is 55.0 Å². The summed E-state index contributed by atoms with van der Waals surface area (Å²) in [6.07, 6.45) is 0.756. The van der Waals surface area contributed by atoms with Gasteiger partial charge in [-0.25, -0.2) is 9.37 Å². The average Bonchev–Trinajstić information content (AvgIpc) is 2.43. The zero-order chi connectivity index (χ0) is 14.1. The van der Waals surface area contributed by atoms with Crippen molar-refractivity contribution in [3.05, 3.63) is 62.0 Å². The summed E-state index contributed by atoms with van der Waals surface area (Å²) < 4.78 is 19.0. The van der Waals surface area contributed by atoms with Crippen LogP contribution in [-0.2, 0) is 24.2 Å². The van der Waals surface area contributed by atoms with Crippen molar-refractivity contribution in [1.29, 1.82) is 0 Å². The molecule has 1 aromatic carbocycles. The Kier molecular flexibility index (Phi) is 3.54. The molecule has 3 rings (SSSR count). The number of nitrogens with one attached hydrogen (secondary N) is 1. The van der Waals surface area contributed by atoms with Crippen LogP contribution >= 0.6 is 11.6 Å². The molecule has 1 aliphatic rings. The molecule has 0 saturated carbocycles. The van der Waals surface area contributed by atoms with Crippen LogP contribution in [0.4, 0.5) is 4.39 Å². The van der Waals surface area contributed by atoms with Crippen LogP contribution < -0.4 is 5.56 Å². The van der Waals surface area contributed by atoms with Gasteiger partial charge in [0, 0.05) is 23.4 Å². The maximum Gasteiger partial charge on any atom is 0.256 e. The molecule has 6 heteroatoms. The Labute approximate surface area is 119 Å². The minimum Gasteiger partial charge on any atom is -0.376 e. The van der Waals surface area contributed by atoms with Gasteiger partial charge in [-0.3, -0.25) is 4.79 Å². The number of hydrogen-bond acceptors (Lipinski definition) is 3. The van der Waals surface area contributed by atoms with Gasteiger partial charge in [0.25, 0.3) is 5.56 Å². The van der Waals surface area contributed by atoms with Crippen LogP contribution in [0.2, 0.25) is 5.02 Å². The number of H-pyrrole nitrogens is 1. The fourth-order valence-corrected chi connectivity index (χ4v) is 2.48. The molecule has 1 aromatic heterocycles.